The van der Waals surface area contributed by atoms with Gasteiger partial charge in [-0.1, -0.05) is 13.0 Å². The zero-order valence-electron chi connectivity index (χ0n) is 16.6. The molecule has 158 valence electrons. The average molecular weight is 413 g/mol. The predicted octanol–water partition coefficient (Wildman–Crippen LogP) is 2.36. The van der Waals surface area contributed by atoms with Gasteiger partial charge in [0.05, 0.1) is 6.54 Å². The molecule has 0 aromatic heterocycles. The summed E-state index contributed by atoms with van der Waals surface area (Å²) in [5, 5.41) is 4.99. The summed E-state index contributed by atoms with van der Waals surface area (Å²) >= 11 is 0. The second-order valence-corrected chi connectivity index (χ2v) is 6.85. The smallest absolute Gasteiger partial charge is 0.325 e. The van der Waals surface area contributed by atoms with Gasteiger partial charge in [0.1, 0.15) is 13.2 Å². The van der Waals surface area contributed by atoms with Crippen molar-refractivity contribution < 1.29 is 28.5 Å². The monoisotopic (exact) mass is 413 g/mol. The molecule has 0 atom stereocenters. The average Bonchev–Trinajstić information content (AvgIpc) is 3.21. The zero-order valence-corrected chi connectivity index (χ0v) is 16.6. The van der Waals surface area contributed by atoms with Gasteiger partial charge in [-0.15, -0.1) is 0 Å². The number of carbonyl (C=O) groups excluding carboxylic acids is 2. The van der Waals surface area contributed by atoms with Crippen LogP contribution in [0.5, 0.6) is 23.0 Å². The topological polar surface area (TPSA) is 98.4 Å². The molecule has 30 heavy (non-hydrogen) atoms. The molecular formula is C21H23N3O6. The van der Waals surface area contributed by atoms with Crippen LogP contribution in [0.3, 0.4) is 0 Å². The Morgan fingerprint density at radius 3 is 2.47 bits per heavy atom. The summed E-state index contributed by atoms with van der Waals surface area (Å²) in [5.41, 5.74) is 1.51. The maximum Gasteiger partial charge on any atom is 0.325 e. The lowest BCUT2D eigenvalue weighted by molar-refractivity contribution is -0.121. The number of benzene rings is 2. The van der Waals surface area contributed by atoms with Crippen LogP contribution in [0.4, 0.5) is 10.5 Å². The van der Waals surface area contributed by atoms with E-state index in [4.69, 9.17) is 18.9 Å². The van der Waals surface area contributed by atoms with Crippen LogP contribution in [-0.4, -0.2) is 49.9 Å². The maximum absolute atomic E-state index is 12.3. The van der Waals surface area contributed by atoms with E-state index < -0.39 is 11.9 Å². The van der Waals surface area contributed by atoms with E-state index in [0.29, 0.717) is 49.2 Å². The number of hydrogen-bond donors (Lipinski definition) is 2. The summed E-state index contributed by atoms with van der Waals surface area (Å²) in [6.45, 7) is 4.40. The van der Waals surface area contributed by atoms with Crippen molar-refractivity contribution >= 4 is 17.6 Å². The van der Waals surface area contributed by atoms with Crippen molar-refractivity contribution in [3.63, 3.8) is 0 Å². The fourth-order valence-electron chi connectivity index (χ4n) is 3.23. The fourth-order valence-corrected chi connectivity index (χ4v) is 3.23. The van der Waals surface area contributed by atoms with Crippen LogP contribution >= 0.6 is 0 Å². The van der Waals surface area contributed by atoms with Gasteiger partial charge in [0.2, 0.25) is 12.7 Å². The lowest BCUT2D eigenvalue weighted by Gasteiger charge is -2.20. The molecule has 0 saturated carbocycles. The first-order chi connectivity index (χ1) is 14.6. The summed E-state index contributed by atoms with van der Waals surface area (Å²) in [6.07, 6.45) is 0. The first kappa shape index (κ1) is 19.8. The number of likely N-dealkylation sites (N-methyl/N-ethyl adjacent to an activating group) is 1. The molecule has 0 unspecified atom stereocenters. The number of anilines is 1. The first-order valence-corrected chi connectivity index (χ1v) is 9.72. The Kier molecular flexibility index (Phi) is 5.89. The van der Waals surface area contributed by atoms with Crippen LogP contribution in [0, 0.1) is 0 Å². The molecule has 2 aliphatic heterocycles. The minimum Gasteiger partial charge on any atom is -0.486 e. The summed E-state index contributed by atoms with van der Waals surface area (Å²) in [6, 6.07) is 10.2. The minimum atomic E-state index is -0.601. The highest BCUT2D eigenvalue weighted by atomic mass is 16.7. The predicted molar refractivity (Wildman–Crippen MR) is 108 cm³/mol. The van der Waals surface area contributed by atoms with Crippen LogP contribution < -0.4 is 29.6 Å². The lowest BCUT2D eigenvalue weighted by atomic mass is 10.2. The molecule has 2 aromatic carbocycles. The summed E-state index contributed by atoms with van der Waals surface area (Å²) < 4.78 is 21.6. The summed E-state index contributed by atoms with van der Waals surface area (Å²) in [4.78, 5) is 26.4. The first-order valence-electron chi connectivity index (χ1n) is 9.72. The summed E-state index contributed by atoms with van der Waals surface area (Å²) in [7, 11) is 0. The largest absolute Gasteiger partial charge is 0.486 e. The normalized spacial score (nSPS) is 13.8. The molecule has 9 nitrogen and oxygen atoms in total. The minimum absolute atomic E-state index is 0.0828. The third-order valence-corrected chi connectivity index (χ3v) is 4.71. The van der Waals surface area contributed by atoms with Crippen molar-refractivity contribution in [1.29, 1.82) is 0 Å². The van der Waals surface area contributed by atoms with E-state index in [2.05, 4.69) is 10.6 Å². The number of rotatable bonds is 6. The van der Waals surface area contributed by atoms with Crippen LogP contribution in [-0.2, 0) is 11.3 Å². The van der Waals surface area contributed by atoms with Gasteiger partial charge in [0, 0.05) is 18.3 Å². The second-order valence-electron chi connectivity index (χ2n) is 6.85. The zero-order chi connectivity index (χ0) is 20.9. The third-order valence-electron chi connectivity index (χ3n) is 4.71. The van der Waals surface area contributed by atoms with Gasteiger partial charge >= 0.3 is 6.03 Å². The molecule has 0 fully saturated rings. The van der Waals surface area contributed by atoms with Crippen molar-refractivity contribution in [2.45, 2.75) is 13.5 Å². The van der Waals surface area contributed by atoms with Gasteiger partial charge in [-0.05, 0) is 36.4 Å². The van der Waals surface area contributed by atoms with Crippen LogP contribution in [0.2, 0.25) is 0 Å². The molecule has 2 aromatic rings. The van der Waals surface area contributed by atoms with E-state index in [1.54, 1.807) is 18.2 Å². The van der Waals surface area contributed by atoms with Crippen molar-refractivity contribution in [2.24, 2.45) is 0 Å². The van der Waals surface area contributed by atoms with Gasteiger partial charge in [0.25, 0.3) is 0 Å². The van der Waals surface area contributed by atoms with Gasteiger partial charge in [-0.2, -0.15) is 0 Å². The highest BCUT2D eigenvalue weighted by Crippen LogP contribution is 2.33. The quantitative estimate of drug-likeness (QED) is 0.750. The molecule has 0 saturated heterocycles. The standard InChI is InChI=1S/C21H23N3O6/c1-2-24(11-14-3-5-17-18(9-14)30-13-29-17)12-20(25)23-21(26)22-15-4-6-16-19(10-15)28-8-7-27-16/h3-6,9-10H,2,7-8,11-13H2,1H3,(H2,22,23,25,26). The number of hydrogen-bond acceptors (Lipinski definition) is 7. The van der Waals surface area contributed by atoms with Crippen molar-refractivity contribution in [3.8, 4) is 23.0 Å². The number of carbonyl (C=O) groups is 2. The summed E-state index contributed by atoms with van der Waals surface area (Å²) in [5.74, 6) is 2.21. The molecule has 0 bridgehead atoms. The molecular weight excluding hydrogens is 390 g/mol. The van der Waals surface area contributed by atoms with E-state index in [-0.39, 0.29) is 13.3 Å². The molecule has 2 N–H and O–H groups in total. The van der Waals surface area contributed by atoms with E-state index >= 15 is 0 Å². The fraction of sp³-hybridized carbons (Fsp3) is 0.333. The Morgan fingerprint density at radius 1 is 0.933 bits per heavy atom. The van der Waals surface area contributed by atoms with Gasteiger partial charge in [-0.3, -0.25) is 15.0 Å². The molecule has 0 radical (unpaired) electrons. The maximum atomic E-state index is 12.3. The third kappa shape index (κ3) is 4.74. The second kappa shape index (κ2) is 8.91. The van der Waals surface area contributed by atoms with Gasteiger partial charge in [-0.25, -0.2) is 4.79 Å². The Hall–Kier alpha value is -3.46. The number of nitrogens with zero attached hydrogens (tertiary/aromatic N) is 1. The van der Waals surface area contributed by atoms with Crippen LogP contribution in [0.25, 0.3) is 0 Å². The van der Waals surface area contributed by atoms with Gasteiger partial charge in [0.15, 0.2) is 23.0 Å². The Morgan fingerprint density at radius 2 is 1.63 bits per heavy atom. The van der Waals surface area contributed by atoms with Crippen LogP contribution in [0.1, 0.15) is 12.5 Å². The van der Waals surface area contributed by atoms with Crippen molar-refractivity contribution in [3.05, 3.63) is 42.0 Å². The Balaban J connectivity index is 1.29. The molecule has 9 heteroatoms. The highest BCUT2D eigenvalue weighted by Gasteiger charge is 2.17. The van der Waals surface area contributed by atoms with E-state index in [1.807, 2.05) is 30.0 Å². The van der Waals surface area contributed by atoms with E-state index in [9.17, 15) is 9.59 Å². The van der Waals surface area contributed by atoms with Crippen molar-refractivity contribution in [1.82, 2.24) is 10.2 Å². The Bertz CT molecular complexity index is 948. The number of nitrogens with one attached hydrogen (secondary N) is 2. The number of fused-ring (bicyclic) bond motifs is 2. The molecule has 2 aliphatic rings. The highest BCUT2D eigenvalue weighted by molar-refractivity contribution is 6.01. The number of amides is 3. The Labute approximate surface area is 173 Å². The molecule has 2 heterocycles. The number of urea groups is 1. The van der Waals surface area contributed by atoms with Crippen LogP contribution in [0.15, 0.2) is 36.4 Å². The molecule has 4 rings (SSSR count). The number of imide groups is 1. The number of ether oxygens (including phenoxy) is 4. The molecule has 0 spiro atoms. The van der Waals surface area contributed by atoms with E-state index in [0.717, 1.165) is 11.3 Å². The lowest BCUT2D eigenvalue weighted by Crippen LogP contribution is -2.41. The SMILES string of the molecule is CCN(CC(=O)NC(=O)Nc1ccc2c(c1)OCCO2)Cc1ccc2c(c1)OCO2. The molecule has 0 aliphatic carbocycles. The van der Waals surface area contributed by atoms with Gasteiger partial charge < -0.3 is 24.3 Å². The van der Waals surface area contributed by atoms with E-state index in [1.165, 1.54) is 0 Å². The van der Waals surface area contributed by atoms with Crippen molar-refractivity contribution in [2.75, 3.05) is 38.4 Å². The molecule has 3 amide bonds.